The van der Waals surface area contributed by atoms with E-state index in [1.54, 1.807) is 0 Å². The van der Waals surface area contributed by atoms with E-state index in [-0.39, 0.29) is 5.41 Å². The van der Waals surface area contributed by atoms with Crippen molar-refractivity contribution in [3.8, 4) is 0 Å². The largest absolute Gasteiger partial charge is 0.306 e. The molecule has 0 aliphatic rings. The smallest absolute Gasteiger partial charge is 0.0671 e. The molecule has 0 saturated carbocycles. The van der Waals surface area contributed by atoms with E-state index in [4.69, 9.17) is 0 Å². The fourth-order valence-electron chi connectivity index (χ4n) is 2.46. The molecule has 0 saturated heterocycles. The van der Waals surface area contributed by atoms with Crippen LogP contribution in [0.3, 0.4) is 0 Å². The lowest BCUT2D eigenvalue weighted by atomic mass is 9.86. The van der Waals surface area contributed by atoms with Crippen LogP contribution in [0.25, 0.3) is 0 Å². The number of rotatable bonds is 5. The zero-order valence-electron chi connectivity index (χ0n) is 13.9. The molecule has 0 fully saturated rings. The third-order valence-corrected chi connectivity index (χ3v) is 4.82. The maximum atomic E-state index is 3.68. The highest BCUT2D eigenvalue weighted by Gasteiger charge is 2.17. The summed E-state index contributed by atoms with van der Waals surface area (Å²) in [6.45, 7) is 12.2. The summed E-state index contributed by atoms with van der Waals surface area (Å²) >= 11 is 1.89. The molecule has 0 aliphatic heterocycles. The van der Waals surface area contributed by atoms with E-state index in [1.807, 2.05) is 11.3 Å². The molecule has 1 atom stereocenters. The highest BCUT2D eigenvalue weighted by molar-refractivity contribution is 7.12. The van der Waals surface area contributed by atoms with Gasteiger partial charge in [-0.15, -0.1) is 11.3 Å². The molecule has 1 aromatic heterocycles. The van der Waals surface area contributed by atoms with Crippen molar-refractivity contribution < 1.29 is 0 Å². The Morgan fingerprint density at radius 2 is 1.71 bits per heavy atom. The van der Waals surface area contributed by atoms with Gasteiger partial charge >= 0.3 is 0 Å². The zero-order valence-corrected chi connectivity index (χ0v) is 14.7. The zero-order chi connectivity index (χ0) is 15.5. The Balaban J connectivity index is 2.28. The Morgan fingerprint density at radius 1 is 1.05 bits per heavy atom. The number of hydrogen-bond donors (Lipinski definition) is 1. The first-order chi connectivity index (χ1) is 9.91. The molecule has 1 aromatic carbocycles. The van der Waals surface area contributed by atoms with Gasteiger partial charge in [0.2, 0.25) is 0 Å². The second kappa shape index (κ2) is 6.76. The molecule has 2 aromatic rings. The van der Waals surface area contributed by atoms with Crippen molar-refractivity contribution >= 4 is 11.3 Å². The maximum Gasteiger partial charge on any atom is 0.0671 e. The van der Waals surface area contributed by atoms with Gasteiger partial charge in [0.05, 0.1) is 6.04 Å². The number of aryl methyl sites for hydroxylation is 1. The van der Waals surface area contributed by atoms with Gasteiger partial charge in [0.25, 0.3) is 0 Å². The molecular weight excluding hydrogens is 274 g/mol. The minimum atomic E-state index is 0.213. The van der Waals surface area contributed by atoms with Crippen LogP contribution in [0.15, 0.2) is 36.4 Å². The van der Waals surface area contributed by atoms with E-state index in [0.29, 0.717) is 6.04 Å². The van der Waals surface area contributed by atoms with Crippen LogP contribution in [0.5, 0.6) is 0 Å². The predicted molar refractivity (Wildman–Crippen MR) is 94.3 cm³/mol. The maximum absolute atomic E-state index is 3.68. The molecule has 0 spiro atoms. The summed E-state index contributed by atoms with van der Waals surface area (Å²) in [5.41, 5.74) is 2.96. The molecule has 0 amide bonds. The molecule has 2 rings (SSSR count). The summed E-state index contributed by atoms with van der Waals surface area (Å²) in [7, 11) is 0. The van der Waals surface area contributed by atoms with Crippen LogP contribution in [0.4, 0.5) is 0 Å². The Labute approximate surface area is 133 Å². The standard InChI is InChI=1S/C19H27NS/c1-6-13-20-18(17-12-7-14(2)21-17)15-8-10-16(11-9-15)19(3,4)5/h7-12,18,20H,6,13H2,1-5H3. The molecule has 1 heterocycles. The van der Waals surface area contributed by atoms with Crippen LogP contribution in [-0.2, 0) is 5.41 Å². The third kappa shape index (κ3) is 4.18. The molecule has 0 radical (unpaired) electrons. The summed E-state index contributed by atoms with van der Waals surface area (Å²) in [5.74, 6) is 0. The molecule has 21 heavy (non-hydrogen) atoms. The van der Waals surface area contributed by atoms with Gasteiger partial charge in [-0.2, -0.15) is 0 Å². The van der Waals surface area contributed by atoms with Gasteiger partial charge in [-0.05, 0) is 48.6 Å². The fraction of sp³-hybridized carbons (Fsp3) is 0.474. The Morgan fingerprint density at radius 3 is 2.19 bits per heavy atom. The second-order valence-corrected chi connectivity index (χ2v) is 8.03. The highest BCUT2D eigenvalue weighted by Crippen LogP contribution is 2.30. The number of benzene rings is 1. The molecule has 114 valence electrons. The van der Waals surface area contributed by atoms with Crippen LogP contribution in [0.2, 0.25) is 0 Å². The predicted octanol–water partition coefficient (Wildman–Crippen LogP) is 5.44. The summed E-state index contributed by atoms with van der Waals surface area (Å²) in [4.78, 5) is 2.78. The summed E-state index contributed by atoms with van der Waals surface area (Å²) in [6, 6.07) is 13.9. The SMILES string of the molecule is CCCNC(c1ccc(C(C)(C)C)cc1)c1ccc(C)s1. The minimum absolute atomic E-state index is 0.213. The number of thiophene rings is 1. The lowest BCUT2D eigenvalue weighted by Gasteiger charge is -2.22. The second-order valence-electron chi connectivity index (χ2n) is 6.71. The van der Waals surface area contributed by atoms with Gasteiger partial charge < -0.3 is 5.32 Å². The molecular formula is C19H27NS. The summed E-state index contributed by atoms with van der Waals surface area (Å²) in [5, 5.41) is 3.68. The monoisotopic (exact) mass is 301 g/mol. The Kier molecular flexibility index (Phi) is 5.23. The van der Waals surface area contributed by atoms with Crippen LogP contribution in [0.1, 0.15) is 61.0 Å². The van der Waals surface area contributed by atoms with Crippen molar-refractivity contribution in [1.82, 2.24) is 5.32 Å². The quantitative estimate of drug-likeness (QED) is 0.775. The highest BCUT2D eigenvalue weighted by atomic mass is 32.1. The van der Waals surface area contributed by atoms with Crippen molar-refractivity contribution in [1.29, 1.82) is 0 Å². The lowest BCUT2D eigenvalue weighted by molar-refractivity contribution is 0.585. The molecule has 0 aliphatic carbocycles. The van der Waals surface area contributed by atoms with Crippen molar-refractivity contribution in [3.63, 3.8) is 0 Å². The fourth-order valence-corrected chi connectivity index (χ4v) is 3.44. The van der Waals surface area contributed by atoms with Crippen LogP contribution in [-0.4, -0.2) is 6.54 Å². The van der Waals surface area contributed by atoms with E-state index in [9.17, 15) is 0 Å². The Bertz CT molecular complexity index is 560. The summed E-state index contributed by atoms with van der Waals surface area (Å²) < 4.78 is 0. The van der Waals surface area contributed by atoms with E-state index >= 15 is 0 Å². The number of nitrogens with one attached hydrogen (secondary N) is 1. The molecule has 1 N–H and O–H groups in total. The van der Waals surface area contributed by atoms with E-state index < -0.39 is 0 Å². The van der Waals surface area contributed by atoms with Crippen LogP contribution in [0, 0.1) is 6.92 Å². The van der Waals surface area contributed by atoms with Gasteiger partial charge in [0.15, 0.2) is 0 Å². The van der Waals surface area contributed by atoms with Crippen LogP contribution < -0.4 is 5.32 Å². The average Bonchev–Trinajstić information content (AvgIpc) is 2.85. The molecule has 0 bridgehead atoms. The van der Waals surface area contributed by atoms with E-state index in [1.165, 1.54) is 20.9 Å². The van der Waals surface area contributed by atoms with Crippen LogP contribution >= 0.6 is 11.3 Å². The van der Waals surface area contributed by atoms with Gasteiger partial charge in [0.1, 0.15) is 0 Å². The first-order valence-electron chi connectivity index (χ1n) is 7.82. The Hall–Kier alpha value is -1.12. The topological polar surface area (TPSA) is 12.0 Å². The van der Waals surface area contributed by atoms with E-state index in [2.05, 4.69) is 76.3 Å². The lowest BCUT2D eigenvalue weighted by Crippen LogP contribution is -2.22. The van der Waals surface area contributed by atoms with Gasteiger partial charge in [-0.3, -0.25) is 0 Å². The molecule has 2 heteroatoms. The molecule has 1 unspecified atom stereocenters. The van der Waals surface area contributed by atoms with E-state index in [0.717, 1.165) is 13.0 Å². The third-order valence-electron chi connectivity index (χ3n) is 3.75. The van der Waals surface area contributed by atoms with Crippen molar-refractivity contribution in [3.05, 3.63) is 57.3 Å². The van der Waals surface area contributed by atoms with Gasteiger partial charge in [-0.25, -0.2) is 0 Å². The average molecular weight is 301 g/mol. The normalized spacial score (nSPS) is 13.4. The van der Waals surface area contributed by atoms with Crippen molar-refractivity contribution in [2.75, 3.05) is 6.54 Å². The minimum Gasteiger partial charge on any atom is -0.306 e. The van der Waals surface area contributed by atoms with Crippen molar-refractivity contribution in [2.45, 2.75) is 52.5 Å². The summed E-state index contributed by atoms with van der Waals surface area (Å²) in [6.07, 6.45) is 1.15. The first-order valence-corrected chi connectivity index (χ1v) is 8.63. The van der Waals surface area contributed by atoms with Gasteiger partial charge in [0, 0.05) is 9.75 Å². The molecule has 1 nitrogen and oxygen atoms in total. The number of hydrogen-bond acceptors (Lipinski definition) is 2. The first kappa shape index (κ1) is 16.3. The van der Waals surface area contributed by atoms with Gasteiger partial charge in [-0.1, -0.05) is 52.0 Å². The van der Waals surface area contributed by atoms with Crippen molar-refractivity contribution in [2.24, 2.45) is 0 Å².